The van der Waals surface area contributed by atoms with E-state index in [1.807, 2.05) is 12.1 Å². The Morgan fingerprint density at radius 2 is 2.05 bits per heavy atom. The van der Waals surface area contributed by atoms with Gasteiger partial charge in [0, 0.05) is 12.6 Å². The van der Waals surface area contributed by atoms with E-state index >= 15 is 0 Å². The van der Waals surface area contributed by atoms with Crippen LogP contribution < -0.4 is 0 Å². The van der Waals surface area contributed by atoms with E-state index in [0.29, 0.717) is 29.4 Å². The first-order chi connectivity index (χ1) is 10.1. The van der Waals surface area contributed by atoms with Crippen LogP contribution in [-0.2, 0) is 15.0 Å². The molecule has 108 valence electrons. The Hall–Kier alpha value is -1.45. The van der Waals surface area contributed by atoms with Crippen LogP contribution in [0.15, 0.2) is 35.3 Å². The molecule has 2 atom stereocenters. The fourth-order valence-electron chi connectivity index (χ4n) is 3.22. The van der Waals surface area contributed by atoms with E-state index < -0.39 is 10.8 Å². The topological polar surface area (TPSA) is 46.5 Å². The summed E-state index contributed by atoms with van der Waals surface area (Å²) in [6, 6.07) is 5.23. The Balaban J connectivity index is 2.20. The number of allylic oxidation sites excluding steroid dienone is 1. The fourth-order valence-corrected chi connectivity index (χ4v) is 3.52. The van der Waals surface area contributed by atoms with Crippen LogP contribution in [0.2, 0.25) is 10.0 Å². The Morgan fingerprint density at radius 1 is 1.24 bits per heavy atom. The standard InChI is InChI=1S/C16H13Cl2NO2/c17-12-3-2-11(8-13(12)18)15(5-1-7-19-9-15)16(10-20)6-4-14(16)21/h1-3,5,7-8,10H,4,6,9H2. The van der Waals surface area contributed by atoms with Gasteiger partial charge in [0.25, 0.3) is 0 Å². The summed E-state index contributed by atoms with van der Waals surface area (Å²) < 4.78 is 0. The minimum absolute atomic E-state index is 0.0367. The van der Waals surface area contributed by atoms with Gasteiger partial charge in [-0.3, -0.25) is 9.79 Å². The summed E-state index contributed by atoms with van der Waals surface area (Å²) in [4.78, 5) is 28.3. The van der Waals surface area contributed by atoms with E-state index in [2.05, 4.69) is 4.99 Å². The maximum absolute atomic E-state index is 12.2. The number of dihydropyridines is 1. The zero-order chi connectivity index (χ0) is 15.1. The zero-order valence-corrected chi connectivity index (χ0v) is 12.7. The molecule has 5 heteroatoms. The monoisotopic (exact) mass is 321 g/mol. The number of benzene rings is 1. The van der Waals surface area contributed by atoms with Crippen molar-refractivity contribution in [1.29, 1.82) is 0 Å². The molecule has 0 bridgehead atoms. The molecule has 0 amide bonds. The number of carbonyl (C=O) groups is 2. The molecular formula is C16H13Cl2NO2. The lowest BCUT2D eigenvalue weighted by Crippen LogP contribution is -2.59. The summed E-state index contributed by atoms with van der Waals surface area (Å²) in [6.45, 7) is 0.353. The van der Waals surface area contributed by atoms with Gasteiger partial charge in [0.15, 0.2) is 0 Å². The van der Waals surface area contributed by atoms with Crippen molar-refractivity contribution in [2.45, 2.75) is 18.3 Å². The minimum Gasteiger partial charge on any atom is -0.302 e. The molecule has 3 rings (SSSR count). The van der Waals surface area contributed by atoms with Crippen LogP contribution in [0.1, 0.15) is 18.4 Å². The summed E-state index contributed by atoms with van der Waals surface area (Å²) in [6.07, 6.45) is 7.10. The Bertz CT molecular complexity index is 683. The van der Waals surface area contributed by atoms with Crippen molar-refractivity contribution in [1.82, 2.24) is 0 Å². The molecule has 1 heterocycles. The normalized spacial score (nSPS) is 31.0. The van der Waals surface area contributed by atoms with E-state index in [4.69, 9.17) is 23.2 Å². The van der Waals surface area contributed by atoms with Gasteiger partial charge >= 0.3 is 0 Å². The summed E-state index contributed by atoms with van der Waals surface area (Å²) in [5, 5.41) is 0.850. The van der Waals surface area contributed by atoms with Crippen molar-refractivity contribution >= 4 is 41.5 Å². The first kappa shape index (κ1) is 14.5. The van der Waals surface area contributed by atoms with Crippen LogP contribution in [0, 0.1) is 5.41 Å². The van der Waals surface area contributed by atoms with E-state index in [0.717, 1.165) is 11.8 Å². The average molecular weight is 322 g/mol. The van der Waals surface area contributed by atoms with Crippen LogP contribution in [0.5, 0.6) is 0 Å². The van der Waals surface area contributed by atoms with Gasteiger partial charge in [-0.25, -0.2) is 0 Å². The van der Waals surface area contributed by atoms with E-state index in [-0.39, 0.29) is 5.78 Å². The highest BCUT2D eigenvalue weighted by atomic mass is 35.5. The zero-order valence-electron chi connectivity index (χ0n) is 11.2. The Labute approximate surface area is 132 Å². The van der Waals surface area contributed by atoms with Crippen molar-refractivity contribution in [3.63, 3.8) is 0 Å². The number of aldehydes is 1. The van der Waals surface area contributed by atoms with Crippen LogP contribution in [-0.4, -0.2) is 24.8 Å². The SMILES string of the molecule is O=CC1(C2(c3ccc(Cl)c(Cl)c3)C=CC=NC2)CCC1=O. The maximum atomic E-state index is 12.2. The van der Waals surface area contributed by atoms with Gasteiger partial charge in [-0.05, 0) is 30.2 Å². The number of hydrogen-bond donors (Lipinski definition) is 0. The molecular weight excluding hydrogens is 309 g/mol. The molecule has 0 saturated heterocycles. The number of halogens is 2. The Kier molecular flexibility index (Phi) is 3.50. The Morgan fingerprint density at radius 3 is 2.52 bits per heavy atom. The molecule has 21 heavy (non-hydrogen) atoms. The molecule has 1 saturated carbocycles. The van der Waals surface area contributed by atoms with Crippen molar-refractivity contribution in [3.8, 4) is 0 Å². The van der Waals surface area contributed by atoms with Gasteiger partial charge in [-0.15, -0.1) is 0 Å². The second-order valence-corrected chi connectivity index (χ2v) is 6.28. The maximum Gasteiger partial charge on any atom is 0.147 e. The lowest BCUT2D eigenvalue weighted by molar-refractivity contribution is -0.148. The highest BCUT2D eigenvalue weighted by Gasteiger charge is 2.60. The van der Waals surface area contributed by atoms with Crippen LogP contribution in [0.4, 0.5) is 0 Å². The van der Waals surface area contributed by atoms with Crippen molar-refractivity contribution < 1.29 is 9.59 Å². The summed E-state index contributed by atoms with van der Waals surface area (Å²) in [5.74, 6) is -0.0367. The smallest absolute Gasteiger partial charge is 0.147 e. The lowest BCUT2D eigenvalue weighted by Gasteiger charge is -2.50. The molecule has 1 fully saturated rings. The van der Waals surface area contributed by atoms with Gasteiger partial charge in [0.1, 0.15) is 12.1 Å². The predicted octanol–water partition coefficient (Wildman–Crippen LogP) is 3.42. The van der Waals surface area contributed by atoms with Crippen LogP contribution in [0.25, 0.3) is 0 Å². The highest BCUT2D eigenvalue weighted by molar-refractivity contribution is 6.42. The molecule has 0 aromatic heterocycles. The van der Waals surface area contributed by atoms with E-state index in [9.17, 15) is 9.59 Å². The van der Waals surface area contributed by atoms with Crippen LogP contribution >= 0.6 is 23.2 Å². The molecule has 0 N–H and O–H groups in total. The third-order valence-electron chi connectivity index (χ3n) is 4.59. The number of ketones is 1. The predicted molar refractivity (Wildman–Crippen MR) is 83.4 cm³/mol. The van der Waals surface area contributed by atoms with Crippen molar-refractivity contribution in [3.05, 3.63) is 46.0 Å². The second-order valence-electron chi connectivity index (χ2n) is 5.46. The number of Topliss-reactive ketones (excluding diaryl/α,β-unsaturated/α-hetero) is 1. The van der Waals surface area contributed by atoms with Gasteiger partial charge in [0.2, 0.25) is 0 Å². The number of rotatable bonds is 3. The van der Waals surface area contributed by atoms with Gasteiger partial charge < -0.3 is 4.79 Å². The van der Waals surface area contributed by atoms with Gasteiger partial charge in [0.05, 0.1) is 27.4 Å². The number of aliphatic imine (C=N–C) groups is 1. The molecule has 0 radical (unpaired) electrons. The summed E-state index contributed by atoms with van der Waals surface area (Å²) >= 11 is 12.1. The third kappa shape index (κ3) is 1.91. The fraction of sp³-hybridized carbons (Fsp3) is 0.312. The molecule has 1 aromatic carbocycles. The molecule has 1 aliphatic carbocycles. The number of carbonyl (C=O) groups excluding carboxylic acids is 2. The summed E-state index contributed by atoms with van der Waals surface area (Å²) in [5.41, 5.74) is -1.02. The van der Waals surface area contributed by atoms with Crippen molar-refractivity contribution in [2.75, 3.05) is 6.54 Å². The largest absolute Gasteiger partial charge is 0.302 e. The molecule has 2 unspecified atom stereocenters. The lowest BCUT2D eigenvalue weighted by atomic mass is 9.50. The first-order valence-electron chi connectivity index (χ1n) is 6.68. The molecule has 3 nitrogen and oxygen atoms in total. The number of hydrogen-bond acceptors (Lipinski definition) is 3. The first-order valence-corrected chi connectivity index (χ1v) is 7.44. The minimum atomic E-state index is -1.04. The quantitative estimate of drug-likeness (QED) is 0.632. The van der Waals surface area contributed by atoms with E-state index in [1.54, 1.807) is 24.4 Å². The van der Waals surface area contributed by atoms with Crippen LogP contribution in [0.3, 0.4) is 0 Å². The van der Waals surface area contributed by atoms with Gasteiger partial charge in [-0.2, -0.15) is 0 Å². The summed E-state index contributed by atoms with van der Waals surface area (Å²) in [7, 11) is 0. The highest BCUT2D eigenvalue weighted by Crippen LogP contribution is 2.53. The number of nitrogens with zero attached hydrogens (tertiary/aromatic N) is 1. The molecule has 2 aliphatic rings. The molecule has 1 aliphatic heterocycles. The molecule has 0 spiro atoms. The molecule has 1 aromatic rings. The average Bonchev–Trinajstić information content (AvgIpc) is 2.50. The third-order valence-corrected chi connectivity index (χ3v) is 5.33. The van der Waals surface area contributed by atoms with Gasteiger partial charge in [-0.1, -0.05) is 35.3 Å². The van der Waals surface area contributed by atoms with Crippen molar-refractivity contribution in [2.24, 2.45) is 10.4 Å². The van der Waals surface area contributed by atoms with E-state index in [1.165, 1.54) is 0 Å². The second kappa shape index (κ2) is 5.08.